The summed E-state index contributed by atoms with van der Waals surface area (Å²) in [5.74, 6) is -1.37. The highest BCUT2D eigenvalue weighted by molar-refractivity contribution is 5.69. The Hall–Kier alpha value is -1.63. The number of halogens is 4. The van der Waals surface area contributed by atoms with Crippen molar-refractivity contribution in [2.45, 2.75) is 19.1 Å². The molecule has 0 unspecified atom stereocenters. The van der Waals surface area contributed by atoms with Gasteiger partial charge in [0.15, 0.2) is 0 Å². The first-order valence-electron chi connectivity index (χ1n) is 5.47. The van der Waals surface area contributed by atoms with E-state index in [4.69, 9.17) is 0 Å². The van der Waals surface area contributed by atoms with E-state index in [2.05, 4.69) is 10.1 Å². The molecular formula is C12H13F4NO2. The van der Waals surface area contributed by atoms with Gasteiger partial charge in [-0.15, -0.1) is 0 Å². The molecule has 0 spiro atoms. The highest BCUT2D eigenvalue weighted by atomic mass is 19.4. The van der Waals surface area contributed by atoms with Crippen molar-refractivity contribution in [2.24, 2.45) is 0 Å². The minimum atomic E-state index is -4.58. The number of carbonyl (C=O) groups is 1. The SMILES string of the molecule is COC(=O)CCNCc1cc(F)cc(C(F)(F)F)c1. The van der Waals surface area contributed by atoms with E-state index < -0.39 is 23.5 Å². The summed E-state index contributed by atoms with van der Waals surface area (Å²) < 4.78 is 54.8. The molecule has 0 aliphatic carbocycles. The Balaban J connectivity index is 2.59. The van der Waals surface area contributed by atoms with E-state index in [0.29, 0.717) is 6.07 Å². The van der Waals surface area contributed by atoms with Gasteiger partial charge < -0.3 is 10.1 Å². The number of ether oxygens (including phenoxy) is 1. The van der Waals surface area contributed by atoms with Crippen molar-refractivity contribution in [3.05, 3.63) is 35.1 Å². The lowest BCUT2D eigenvalue weighted by atomic mass is 10.1. The lowest BCUT2D eigenvalue weighted by Crippen LogP contribution is -2.19. The Bertz CT molecular complexity index is 446. The summed E-state index contributed by atoms with van der Waals surface area (Å²) in [7, 11) is 1.24. The fraction of sp³-hybridized carbons (Fsp3) is 0.417. The van der Waals surface area contributed by atoms with Crippen molar-refractivity contribution in [3.63, 3.8) is 0 Å². The largest absolute Gasteiger partial charge is 0.469 e. The molecule has 0 saturated carbocycles. The van der Waals surface area contributed by atoms with Gasteiger partial charge in [0.05, 0.1) is 19.1 Å². The molecule has 0 radical (unpaired) electrons. The van der Waals surface area contributed by atoms with Crippen LogP contribution in [-0.4, -0.2) is 19.6 Å². The maximum Gasteiger partial charge on any atom is 0.416 e. The molecular weight excluding hydrogens is 266 g/mol. The zero-order chi connectivity index (χ0) is 14.5. The summed E-state index contributed by atoms with van der Waals surface area (Å²) in [6.07, 6.45) is -4.49. The Morgan fingerprint density at radius 2 is 2.00 bits per heavy atom. The molecule has 0 amide bonds. The van der Waals surface area contributed by atoms with Crippen molar-refractivity contribution in [1.82, 2.24) is 5.32 Å². The summed E-state index contributed by atoms with van der Waals surface area (Å²) in [6.45, 7) is 0.280. The average Bonchev–Trinajstić information content (AvgIpc) is 2.32. The van der Waals surface area contributed by atoms with Crippen LogP contribution in [0.2, 0.25) is 0 Å². The van der Waals surface area contributed by atoms with Crippen LogP contribution in [0.5, 0.6) is 0 Å². The summed E-state index contributed by atoms with van der Waals surface area (Å²) in [6, 6.07) is 2.33. The minimum absolute atomic E-state index is 0.0395. The molecule has 0 aliphatic heterocycles. The molecule has 0 heterocycles. The maximum atomic E-state index is 13.0. The maximum absolute atomic E-state index is 13.0. The number of hydrogen-bond donors (Lipinski definition) is 1. The number of methoxy groups -OCH3 is 1. The van der Waals surface area contributed by atoms with Gasteiger partial charge in [-0.3, -0.25) is 4.79 Å². The lowest BCUT2D eigenvalue weighted by Gasteiger charge is -2.10. The molecule has 1 N–H and O–H groups in total. The van der Waals surface area contributed by atoms with Crippen molar-refractivity contribution in [1.29, 1.82) is 0 Å². The van der Waals surface area contributed by atoms with Crippen LogP contribution in [0, 0.1) is 5.82 Å². The normalized spacial score (nSPS) is 11.4. The number of alkyl halides is 3. The number of benzene rings is 1. The second-order valence-corrected chi connectivity index (χ2v) is 3.85. The molecule has 1 aromatic rings. The molecule has 1 rings (SSSR count). The van der Waals surface area contributed by atoms with Gasteiger partial charge in [0.25, 0.3) is 0 Å². The molecule has 19 heavy (non-hydrogen) atoms. The third-order valence-electron chi connectivity index (χ3n) is 2.35. The van der Waals surface area contributed by atoms with Crippen molar-refractivity contribution in [2.75, 3.05) is 13.7 Å². The zero-order valence-electron chi connectivity index (χ0n) is 10.2. The van der Waals surface area contributed by atoms with Crippen LogP contribution in [0.1, 0.15) is 17.5 Å². The van der Waals surface area contributed by atoms with E-state index in [1.807, 2.05) is 0 Å². The first-order chi connectivity index (χ1) is 8.82. The second-order valence-electron chi connectivity index (χ2n) is 3.85. The molecule has 0 fully saturated rings. The summed E-state index contributed by atoms with van der Waals surface area (Å²) in [5.41, 5.74) is -0.866. The molecule has 106 valence electrons. The van der Waals surface area contributed by atoms with Crippen LogP contribution in [0.3, 0.4) is 0 Å². The molecule has 0 aromatic heterocycles. The van der Waals surface area contributed by atoms with E-state index in [1.54, 1.807) is 0 Å². The fourth-order valence-electron chi connectivity index (χ4n) is 1.44. The van der Waals surface area contributed by atoms with Crippen LogP contribution >= 0.6 is 0 Å². The monoisotopic (exact) mass is 279 g/mol. The fourth-order valence-corrected chi connectivity index (χ4v) is 1.44. The minimum Gasteiger partial charge on any atom is -0.469 e. The number of hydrogen-bond acceptors (Lipinski definition) is 3. The van der Waals surface area contributed by atoms with Crippen LogP contribution in [0.25, 0.3) is 0 Å². The van der Waals surface area contributed by atoms with Gasteiger partial charge in [0.1, 0.15) is 5.82 Å². The van der Waals surface area contributed by atoms with Gasteiger partial charge in [0, 0.05) is 13.1 Å². The summed E-state index contributed by atoms with van der Waals surface area (Å²) in [5, 5.41) is 2.74. The molecule has 0 atom stereocenters. The summed E-state index contributed by atoms with van der Waals surface area (Å²) in [4.78, 5) is 10.8. The van der Waals surface area contributed by atoms with E-state index >= 15 is 0 Å². The Morgan fingerprint density at radius 1 is 1.32 bits per heavy atom. The van der Waals surface area contributed by atoms with Crippen LogP contribution in [0.4, 0.5) is 17.6 Å². The van der Waals surface area contributed by atoms with Gasteiger partial charge in [-0.05, 0) is 23.8 Å². The Kier molecular flexibility index (Phi) is 5.29. The van der Waals surface area contributed by atoms with Gasteiger partial charge in [-0.25, -0.2) is 4.39 Å². The molecule has 0 saturated heterocycles. The smallest absolute Gasteiger partial charge is 0.416 e. The predicted octanol–water partition coefficient (Wildman–Crippen LogP) is 2.50. The zero-order valence-corrected chi connectivity index (χ0v) is 10.2. The van der Waals surface area contributed by atoms with Gasteiger partial charge in [-0.1, -0.05) is 0 Å². The highest BCUT2D eigenvalue weighted by Crippen LogP contribution is 2.30. The van der Waals surface area contributed by atoms with Crippen molar-refractivity contribution >= 4 is 5.97 Å². The topological polar surface area (TPSA) is 38.3 Å². The van der Waals surface area contributed by atoms with Crippen LogP contribution in [0.15, 0.2) is 18.2 Å². The predicted molar refractivity (Wildman–Crippen MR) is 59.7 cm³/mol. The quantitative estimate of drug-likeness (QED) is 0.511. The number of nitrogens with one attached hydrogen (secondary N) is 1. The highest BCUT2D eigenvalue weighted by Gasteiger charge is 2.31. The Labute approximate surface area is 107 Å². The van der Waals surface area contributed by atoms with Crippen molar-refractivity contribution in [3.8, 4) is 0 Å². The van der Waals surface area contributed by atoms with Crippen LogP contribution < -0.4 is 5.32 Å². The van der Waals surface area contributed by atoms with Gasteiger partial charge >= 0.3 is 12.1 Å². The number of rotatable bonds is 5. The first kappa shape index (κ1) is 15.4. The standard InChI is InChI=1S/C12H13F4NO2/c1-19-11(18)2-3-17-7-8-4-9(12(14,15)16)6-10(13)5-8/h4-6,17H,2-3,7H2,1H3. The molecule has 1 aromatic carbocycles. The van der Waals surface area contributed by atoms with Crippen LogP contribution in [-0.2, 0) is 22.3 Å². The molecule has 0 aliphatic rings. The Morgan fingerprint density at radius 3 is 2.58 bits per heavy atom. The lowest BCUT2D eigenvalue weighted by molar-refractivity contribution is -0.140. The van der Waals surface area contributed by atoms with E-state index in [1.165, 1.54) is 7.11 Å². The van der Waals surface area contributed by atoms with Gasteiger partial charge in [0.2, 0.25) is 0 Å². The second kappa shape index (κ2) is 6.51. The van der Waals surface area contributed by atoms with E-state index in [-0.39, 0.29) is 25.1 Å². The van der Waals surface area contributed by atoms with E-state index in [9.17, 15) is 22.4 Å². The number of esters is 1. The molecule has 3 nitrogen and oxygen atoms in total. The van der Waals surface area contributed by atoms with E-state index in [0.717, 1.165) is 12.1 Å². The first-order valence-corrected chi connectivity index (χ1v) is 5.47. The number of carbonyl (C=O) groups excluding carboxylic acids is 1. The summed E-state index contributed by atoms with van der Waals surface area (Å²) >= 11 is 0. The third-order valence-corrected chi connectivity index (χ3v) is 2.35. The molecule has 7 heteroatoms. The van der Waals surface area contributed by atoms with Crippen molar-refractivity contribution < 1.29 is 27.1 Å². The molecule has 0 bridgehead atoms. The third kappa shape index (κ3) is 5.25. The van der Waals surface area contributed by atoms with Gasteiger partial charge in [-0.2, -0.15) is 13.2 Å². The average molecular weight is 279 g/mol.